The van der Waals surface area contributed by atoms with E-state index in [1.54, 1.807) is 55.4 Å². The summed E-state index contributed by atoms with van der Waals surface area (Å²) in [6.45, 7) is 22.8. The Kier molecular flexibility index (Phi) is 21.7. The standard InChI is InChI=1S/C24H38N4O6.C24H36N4O5.Cl2OS/c1-7-23(3,4)17(29)21(33)27-13-9-11-15(27)19(31)25-26-20(32)16-12-10-14-28(16)22(34)18(30)24(5,6)8-2;1-7-23(3,4)17(29)21(31)27-13-9-11-15(27)19-25-26-20(33-19)16-12-10-14-28(16)22(32)18(30)24(5,6)8-2;1-4(2)3/h15-16H,7-14H2,1-6H3,(H,25,31)(H,26,32);15-16H,7-14H2,1-6H3;/t2*15-,16?;/m00./s1. The Morgan fingerprint density at radius 1 is 0.493 bits per heavy atom. The molecule has 2 unspecified atom stereocenters. The number of hydrogen-bond acceptors (Lipinski definition) is 14. The van der Waals surface area contributed by atoms with Crippen LogP contribution in [0.4, 0.5) is 0 Å². The minimum absolute atomic E-state index is 0.275. The molecule has 4 aliphatic rings. The number of aromatic nitrogens is 2. The van der Waals surface area contributed by atoms with Crippen molar-refractivity contribution < 1.29 is 56.6 Å². The summed E-state index contributed by atoms with van der Waals surface area (Å²) < 4.78 is 15.0. The average molecular weight is 1060 g/mol. The van der Waals surface area contributed by atoms with Gasteiger partial charge in [-0.3, -0.25) is 58.8 Å². The maximum absolute atomic E-state index is 12.9. The summed E-state index contributed by atoms with van der Waals surface area (Å²) >= 11 is 0. The van der Waals surface area contributed by atoms with Gasteiger partial charge in [-0.1, -0.05) is 83.1 Å². The number of rotatable bonds is 16. The number of likely N-dealkylation sites (tertiary alicyclic amines) is 4. The Labute approximate surface area is 428 Å². The maximum atomic E-state index is 12.9. The second-order valence-electron chi connectivity index (χ2n) is 21.0. The van der Waals surface area contributed by atoms with Gasteiger partial charge in [-0.05, 0) is 77.0 Å². The average Bonchev–Trinajstić information content (AvgIpc) is 4.20. The predicted molar refractivity (Wildman–Crippen MR) is 264 cm³/mol. The van der Waals surface area contributed by atoms with Crippen molar-refractivity contribution in [3.05, 3.63) is 11.8 Å². The van der Waals surface area contributed by atoms with Crippen LogP contribution in [-0.2, 0) is 57.2 Å². The molecule has 4 atom stereocenters. The van der Waals surface area contributed by atoms with Crippen LogP contribution in [-0.4, -0.2) is 131 Å². The van der Waals surface area contributed by atoms with Crippen LogP contribution in [0.25, 0.3) is 0 Å². The molecule has 0 aliphatic carbocycles. The van der Waals surface area contributed by atoms with Crippen LogP contribution in [0.5, 0.6) is 0 Å². The summed E-state index contributed by atoms with van der Waals surface area (Å²) in [5, 5.41) is 8.35. The third-order valence-electron chi connectivity index (χ3n) is 14.8. The van der Waals surface area contributed by atoms with Crippen LogP contribution in [0.2, 0.25) is 0 Å². The van der Waals surface area contributed by atoms with Crippen LogP contribution in [0.1, 0.15) is 184 Å². The van der Waals surface area contributed by atoms with E-state index in [4.69, 9.17) is 8.63 Å². The Hall–Kier alpha value is -4.63. The van der Waals surface area contributed by atoms with E-state index in [1.807, 2.05) is 27.7 Å². The highest BCUT2D eigenvalue weighted by atomic mass is 36.0. The van der Waals surface area contributed by atoms with E-state index in [1.165, 1.54) is 19.6 Å². The van der Waals surface area contributed by atoms with Crippen molar-refractivity contribution in [3.63, 3.8) is 0 Å². The summed E-state index contributed by atoms with van der Waals surface area (Å²) in [6, 6.07) is -2.64. The van der Waals surface area contributed by atoms with Crippen LogP contribution < -0.4 is 10.9 Å². The third kappa shape index (κ3) is 14.8. The summed E-state index contributed by atoms with van der Waals surface area (Å²) in [4.78, 5) is 133. The molecule has 0 saturated carbocycles. The fourth-order valence-corrected chi connectivity index (χ4v) is 8.23. The van der Waals surface area contributed by atoms with Crippen molar-refractivity contribution in [2.45, 2.75) is 184 Å². The molecule has 20 nitrogen and oxygen atoms in total. The first-order chi connectivity index (χ1) is 33.0. The van der Waals surface area contributed by atoms with Crippen LogP contribution in [0.3, 0.4) is 0 Å². The summed E-state index contributed by atoms with van der Waals surface area (Å²) in [6.07, 6.45) is 6.75. The van der Waals surface area contributed by atoms with Gasteiger partial charge in [0.1, 0.15) is 24.2 Å². The number of hydrazine groups is 1. The number of nitrogens with one attached hydrogen (secondary N) is 2. The normalized spacial score (nSPS) is 20.4. The highest BCUT2D eigenvalue weighted by Crippen LogP contribution is 2.38. The van der Waals surface area contributed by atoms with E-state index in [0.29, 0.717) is 77.3 Å². The topological polar surface area (TPSA) is 264 Å². The van der Waals surface area contributed by atoms with Crippen molar-refractivity contribution in [1.29, 1.82) is 0 Å². The molecular formula is C48H74Cl2N8O12S. The number of nitrogens with zero attached hydrogens (tertiary/aromatic N) is 6. The molecule has 1 aromatic heterocycles. The van der Waals surface area contributed by atoms with E-state index in [0.717, 1.165) is 12.8 Å². The molecule has 0 spiro atoms. The van der Waals surface area contributed by atoms with Crippen molar-refractivity contribution >= 4 is 89.2 Å². The Bertz CT molecular complexity index is 2070. The van der Waals surface area contributed by atoms with Crippen molar-refractivity contribution in [2.75, 3.05) is 26.2 Å². The molecule has 4 fully saturated rings. The summed E-state index contributed by atoms with van der Waals surface area (Å²) in [5.74, 6) is -4.99. The zero-order chi connectivity index (χ0) is 54.0. The highest BCUT2D eigenvalue weighted by molar-refractivity contribution is 8.26. The third-order valence-corrected chi connectivity index (χ3v) is 14.8. The Morgan fingerprint density at radius 2 is 0.732 bits per heavy atom. The molecule has 5 rings (SSSR count). The number of Topliss-reactive ketones (excluding diaryl/α,β-unsaturated/α-hetero) is 4. The molecule has 2 N–H and O–H groups in total. The van der Waals surface area contributed by atoms with Crippen molar-refractivity contribution in [3.8, 4) is 0 Å². The molecule has 5 heterocycles. The molecule has 1 aromatic rings. The van der Waals surface area contributed by atoms with E-state index >= 15 is 0 Å². The van der Waals surface area contributed by atoms with Gasteiger partial charge < -0.3 is 24.0 Å². The predicted octanol–water partition coefficient (Wildman–Crippen LogP) is 5.58. The molecule has 0 radical (unpaired) electrons. The van der Waals surface area contributed by atoms with Crippen molar-refractivity contribution in [2.24, 2.45) is 21.7 Å². The summed E-state index contributed by atoms with van der Waals surface area (Å²) in [5.41, 5.74) is 1.58. The van der Waals surface area contributed by atoms with Gasteiger partial charge in [0, 0.05) is 69.2 Å². The molecule has 0 bridgehead atoms. The van der Waals surface area contributed by atoms with E-state index < -0.39 is 114 Å². The first-order valence-corrected chi connectivity index (χ1v) is 27.3. The van der Waals surface area contributed by atoms with Gasteiger partial charge in [0.05, 0.1) is 0 Å². The van der Waals surface area contributed by atoms with Crippen LogP contribution in [0, 0.1) is 21.7 Å². The zero-order valence-electron chi connectivity index (χ0n) is 43.4. The quantitative estimate of drug-likeness (QED) is 0.116. The molecule has 0 aromatic carbocycles. The van der Waals surface area contributed by atoms with Gasteiger partial charge in [0.25, 0.3) is 35.4 Å². The first-order valence-electron chi connectivity index (χ1n) is 24.5. The second-order valence-corrected chi connectivity index (χ2v) is 23.6. The van der Waals surface area contributed by atoms with Crippen molar-refractivity contribution in [1.82, 2.24) is 40.6 Å². The molecule has 4 aliphatic heterocycles. The molecule has 4 saturated heterocycles. The minimum Gasteiger partial charge on any atom is -0.421 e. The van der Waals surface area contributed by atoms with E-state index in [-0.39, 0.29) is 24.9 Å². The lowest BCUT2D eigenvalue weighted by Gasteiger charge is -2.29. The number of carbonyl (C=O) groups is 10. The highest BCUT2D eigenvalue weighted by Gasteiger charge is 2.46. The lowest BCUT2D eigenvalue weighted by atomic mass is 9.84. The number of carbonyl (C=O) groups excluding carboxylic acids is 10. The van der Waals surface area contributed by atoms with Gasteiger partial charge >= 0.3 is 0 Å². The molecular weight excluding hydrogens is 984 g/mol. The van der Waals surface area contributed by atoms with Gasteiger partial charge in [0.2, 0.25) is 44.1 Å². The molecule has 6 amide bonds. The zero-order valence-corrected chi connectivity index (χ0v) is 45.7. The van der Waals surface area contributed by atoms with Crippen LogP contribution >= 0.6 is 21.4 Å². The Morgan fingerprint density at radius 3 is 1.00 bits per heavy atom. The second kappa shape index (κ2) is 25.3. The Balaban J connectivity index is 0.000000349. The molecule has 23 heteroatoms. The number of ketones is 4. The maximum Gasteiger partial charge on any atom is 0.291 e. The van der Waals surface area contributed by atoms with Gasteiger partial charge in [-0.15, -0.1) is 10.2 Å². The largest absolute Gasteiger partial charge is 0.421 e. The summed E-state index contributed by atoms with van der Waals surface area (Å²) in [7, 11) is 7.36. The number of halogens is 2. The molecule has 71 heavy (non-hydrogen) atoms. The monoisotopic (exact) mass is 1060 g/mol. The van der Waals surface area contributed by atoms with E-state index in [2.05, 4.69) is 42.4 Å². The van der Waals surface area contributed by atoms with Gasteiger partial charge in [0.15, 0.2) is 0 Å². The lowest BCUT2D eigenvalue weighted by Crippen LogP contribution is -2.57. The van der Waals surface area contributed by atoms with Gasteiger partial charge in [-0.25, -0.2) is 4.21 Å². The van der Waals surface area contributed by atoms with Gasteiger partial charge in [-0.2, -0.15) is 0 Å². The minimum atomic E-state index is -1.67. The number of amides is 6. The first kappa shape index (κ1) is 60.7. The SMILES string of the molecule is CCC(C)(C)C(=O)C(=O)N1CCCC1C(=O)NNC(=O)[C@@H]1CCCN1C(=O)C(=O)C(C)(C)CC.CCC(C)(C)C(=O)C(=O)N1CCCC1c1nnc([C@@H]2CCCN2C(=O)C(=O)C(C)(C)CC)o1.O=S(Cl)Cl. The lowest BCUT2D eigenvalue weighted by molar-refractivity contribution is -0.152. The molecule has 398 valence electrons. The van der Waals surface area contributed by atoms with Crippen LogP contribution in [0.15, 0.2) is 4.42 Å². The fourth-order valence-electron chi connectivity index (χ4n) is 8.23. The number of hydrogen-bond donors (Lipinski definition) is 2. The fraction of sp³-hybridized carbons (Fsp3) is 0.750. The van der Waals surface area contributed by atoms with E-state index in [9.17, 15) is 47.9 Å². The smallest absolute Gasteiger partial charge is 0.291 e.